The fourth-order valence-corrected chi connectivity index (χ4v) is 6.42. The van der Waals surface area contributed by atoms with E-state index < -0.39 is 49.9 Å². The summed E-state index contributed by atoms with van der Waals surface area (Å²) < 4.78 is 54.2. The lowest BCUT2D eigenvalue weighted by molar-refractivity contribution is -0.139. The third-order valence-electron chi connectivity index (χ3n) is 6.77. The van der Waals surface area contributed by atoms with Crippen molar-refractivity contribution >= 4 is 41.5 Å². The van der Waals surface area contributed by atoms with E-state index in [4.69, 9.17) is 14.8 Å². The molecule has 1 aromatic heterocycles. The van der Waals surface area contributed by atoms with E-state index >= 15 is 0 Å². The van der Waals surface area contributed by atoms with Crippen molar-refractivity contribution in [3.05, 3.63) is 59.0 Å². The molecule has 0 spiro atoms. The van der Waals surface area contributed by atoms with Crippen LogP contribution < -0.4 is 16.4 Å². The number of rotatable bonds is 11. The van der Waals surface area contributed by atoms with E-state index in [0.29, 0.717) is 10.9 Å². The number of hydrogen-bond donors (Lipinski definition) is 2. The number of likely N-dealkylation sites (tertiary alicyclic amines) is 1. The number of hydrogen-bond acceptors (Lipinski definition) is 7. The second-order valence-electron chi connectivity index (χ2n) is 9.57. The summed E-state index contributed by atoms with van der Waals surface area (Å²) >= 11 is 0. The normalized spacial score (nSPS) is 17.2. The van der Waals surface area contributed by atoms with Crippen LogP contribution in [-0.2, 0) is 36.3 Å². The van der Waals surface area contributed by atoms with E-state index in [2.05, 4.69) is 10.4 Å². The minimum Gasteiger partial charge on any atom is -0.364 e. The zero-order valence-electron chi connectivity index (χ0n) is 22.9. The zero-order valence-corrected chi connectivity index (χ0v) is 23.8. The van der Waals surface area contributed by atoms with Gasteiger partial charge in [-0.3, -0.25) is 23.6 Å². The predicted molar refractivity (Wildman–Crippen MR) is 147 cm³/mol. The standard InChI is InChI=1S/C27H32F2N5O6P/c1-4-39-41(38,40-5-2)19-9-10-20-21(12-19)34(32-25(20)26(30)36)15-23(35)33-14-18(28)11-22(33)27(37)31-13-17-8-6-7-16(3)24(17)29/h6-10,12,18,22H,4-5,11,13-15H2,1-3H3,(H2,30,36)(H,31,37)/t18-,22+/m1/s1. The highest BCUT2D eigenvalue weighted by molar-refractivity contribution is 7.62. The Labute approximate surface area is 235 Å². The molecular weight excluding hydrogens is 559 g/mol. The first-order chi connectivity index (χ1) is 19.5. The van der Waals surface area contributed by atoms with Gasteiger partial charge in [-0.05, 0) is 44.5 Å². The number of nitrogens with one attached hydrogen (secondary N) is 1. The van der Waals surface area contributed by atoms with Crippen molar-refractivity contribution in [2.75, 3.05) is 19.8 Å². The molecule has 2 heterocycles. The largest absolute Gasteiger partial charge is 0.364 e. The highest BCUT2D eigenvalue weighted by atomic mass is 31.2. The van der Waals surface area contributed by atoms with E-state index in [1.54, 1.807) is 32.9 Å². The summed E-state index contributed by atoms with van der Waals surface area (Å²) in [5, 5.41) is 7.26. The minimum absolute atomic E-state index is 0.110. The van der Waals surface area contributed by atoms with Gasteiger partial charge in [0.25, 0.3) is 5.91 Å². The van der Waals surface area contributed by atoms with Gasteiger partial charge in [-0.15, -0.1) is 0 Å². The van der Waals surface area contributed by atoms with Crippen LogP contribution in [0.5, 0.6) is 0 Å². The molecule has 1 fully saturated rings. The maximum atomic E-state index is 14.5. The van der Waals surface area contributed by atoms with Crippen LogP contribution in [0.3, 0.4) is 0 Å². The van der Waals surface area contributed by atoms with Gasteiger partial charge in [0.15, 0.2) is 5.69 Å². The Kier molecular flexibility index (Phi) is 9.21. The number of carbonyl (C=O) groups excluding carboxylic acids is 3. The fourth-order valence-electron chi connectivity index (χ4n) is 4.83. The van der Waals surface area contributed by atoms with Gasteiger partial charge in [-0.25, -0.2) is 8.78 Å². The maximum absolute atomic E-state index is 14.5. The van der Waals surface area contributed by atoms with E-state index in [9.17, 15) is 27.7 Å². The van der Waals surface area contributed by atoms with Crippen LogP contribution in [0.4, 0.5) is 8.78 Å². The Hall–Kier alpha value is -3.67. The maximum Gasteiger partial charge on any atom is 0.361 e. The highest BCUT2D eigenvalue weighted by Crippen LogP contribution is 2.47. The lowest BCUT2D eigenvalue weighted by Crippen LogP contribution is -2.46. The molecule has 220 valence electrons. The van der Waals surface area contributed by atoms with Crippen molar-refractivity contribution in [1.29, 1.82) is 0 Å². The van der Waals surface area contributed by atoms with Gasteiger partial charge in [-0.2, -0.15) is 5.10 Å². The molecule has 41 heavy (non-hydrogen) atoms. The molecule has 3 aromatic rings. The van der Waals surface area contributed by atoms with Crippen molar-refractivity contribution in [1.82, 2.24) is 20.0 Å². The molecule has 0 saturated carbocycles. The van der Waals surface area contributed by atoms with Gasteiger partial charge in [-0.1, -0.05) is 18.2 Å². The van der Waals surface area contributed by atoms with Gasteiger partial charge >= 0.3 is 7.60 Å². The summed E-state index contributed by atoms with van der Waals surface area (Å²) in [4.78, 5) is 39.6. The summed E-state index contributed by atoms with van der Waals surface area (Å²) in [6, 6.07) is 8.05. The van der Waals surface area contributed by atoms with Crippen molar-refractivity contribution < 1.29 is 36.8 Å². The smallest absolute Gasteiger partial charge is 0.361 e. The average Bonchev–Trinajstić information content (AvgIpc) is 3.50. The number of nitrogens with zero attached hydrogens (tertiary/aromatic N) is 3. The summed E-state index contributed by atoms with van der Waals surface area (Å²) in [6.07, 6.45) is -1.67. The molecule has 1 aliphatic rings. The molecule has 0 bridgehead atoms. The lowest BCUT2D eigenvalue weighted by Gasteiger charge is -2.24. The number of primary amides is 1. The zero-order chi connectivity index (χ0) is 29.9. The first-order valence-electron chi connectivity index (χ1n) is 13.1. The first kappa shape index (κ1) is 30.3. The highest BCUT2D eigenvalue weighted by Gasteiger charge is 2.40. The lowest BCUT2D eigenvalue weighted by atomic mass is 10.1. The molecular formula is C27H32F2N5O6P. The average molecular weight is 592 g/mol. The molecule has 2 atom stereocenters. The number of halogens is 2. The Morgan fingerprint density at radius 2 is 1.88 bits per heavy atom. The van der Waals surface area contributed by atoms with Crippen LogP contribution in [0.1, 0.15) is 41.9 Å². The monoisotopic (exact) mass is 591 g/mol. The third kappa shape index (κ3) is 6.32. The van der Waals surface area contributed by atoms with Crippen LogP contribution >= 0.6 is 7.60 Å². The SMILES string of the molecule is CCOP(=O)(OCC)c1ccc2c(C(N)=O)nn(CC(=O)N3C[C@H](F)C[C@H]3C(=O)NCc3cccc(C)c3F)c2c1. The molecule has 14 heteroatoms. The van der Waals surface area contributed by atoms with E-state index in [1.807, 2.05) is 0 Å². The van der Waals surface area contributed by atoms with Crippen LogP contribution in [0.25, 0.3) is 10.9 Å². The first-order valence-corrected chi connectivity index (χ1v) is 14.7. The molecule has 2 aromatic carbocycles. The van der Waals surface area contributed by atoms with Crippen LogP contribution in [0.2, 0.25) is 0 Å². The van der Waals surface area contributed by atoms with Gasteiger partial charge in [0.1, 0.15) is 24.6 Å². The molecule has 1 saturated heterocycles. The topological polar surface area (TPSA) is 146 Å². The van der Waals surface area contributed by atoms with Crippen LogP contribution in [-0.4, -0.2) is 64.4 Å². The number of amides is 3. The minimum atomic E-state index is -3.72. The Bertz CT molecular complexity index is 1520. The number of alkyl halides is 1. The third-order valence-corrected chi connectivity index (χ3v) is 8.87. The molecule has 11 nitrogen and oxygen atoms in total. The molecule has 3 N–H and O–H groups in total. The van der Waals surface area contributed by atoms with E-state index in [-0.39, 0.29) is 54.8 Å². The van der Waals surface area contributed by atoms with E-state index in [1.165, 1.54) is 28.9 Å². The number of carbonyl (C=O) groups is 3. The second kappa shape index (κ2) is 12.5. The number of fused-ring (bicyclic) bond motifs is 1. The molecule has 0 aliphatic carbocycles. The number of aromatic nitrogens is 2. The Morgan fingerprint density at radius 3 is 2.54 bits per heavy atom. The predicted octanol–water partition coefficient (Wildman–Crippen LogP) is 2.73. The van der Waals surface area contributed by atoms with Crippen molar-refractivity contribution in [3.8, 4) is 0 Å². The van der Waals surface area contributed by atoms with Gasteiger partial charge < -0.3 is 25.0 Å². The van der Waals surface area contributed by atoms with Crippen LogP contribution in [0, 0.1) is 12.7 Å². The van der Waals surface area contributed by atoms with Gasteiger partial charge in [0, 0.05) is 23.9 Å². The summed E-state index contributed by atoms with van der Waals surface area (Å²) in [5.74, 6) is -2.57. The van der Waals surface area contributed by atoms with Gasteiger partial charge in [0.05, 0.1) is 30.6 Å². The molecule has 0 radical (unpaired) electrons. The van der Waals surface area contributed by atoms with Crippen LogP contribution in [0.15, 0.2) is 36.4 Å². The Balaban J connectivity index is 1.60. The number of benzene rings is 2. The summed E-state index contributed by atoms with van der Waals surface area (Å²) in [6.45, 7) is 4.22. The van der Waals surface area contributed by atoms with Crippen molar-refractivity contribution in [2.24, 2.45) is 5.73 Å². The van der Waals surface area contributed by atoms with Crippen molar-refractivity contribution in [3.63, 3.8) is 0 Å². The Morgan fingerprint density at radius 1 is 1.17 bits per heavy atom. The summed E-state index contributed by atoms with van der Waals surface area (Å²) in [7, 11) is -3.72. The number of nitrogens with two attached hydrogens (primary N) is 1. The summed E-state index contributed by atoms with van der Waals surface area (Å²) in [5.41, 5.74) is 6.31. The number of aryl methyl sites for hydroxylation is 1. The molecule has 3 amide bonds. The van der Waals surface area contributed by atoms with Gasteiger partial charge in [0.2, 0.25) is 11.8 Å². The van der Waals surface area contributed by atoms with E-state index in [0.717, 1.165) is 4.90 Å². The fraction of sp³-hybridized carbons (Fsp3) is 0.407. The molecule has 4 rings (SSSR count). The second-order valence-corrected chi connectivity index (χ2v) is 11.6. The quantitative estimate of drug-likeness (QED) is 0.326. The van der Waals surface area contributed by atoms with Crippen molar-refractivity contribution in [2.45, 2.75) is 52.5 Å². The molecule has 0 unspecified atom stereocenters. The molecule has 1 aliphatic heterocycles.